The molecule has 0 spiro atoms. The number of carbonyl (C=O) groups excluding carboxylic acids is 1. The zero-order valence-corrected chi connectivity index (χ0v) is 12.1. The third-order valence-electron chi connectivity index (χ3n) is 3.71. The monoisotopic (exact) mass is 276 g/mol. The van der Waals surface area contributed by atoms with E-state index < -0.39 is 0 Å². The molecule has 110 valence electrons. The smallest absolute Gasteiger partial charge is 0.242 e. The molecule has 1 aliphatic heterocycles. The van der Waals surface area contributed by atoms with Crippen LogP contribution in [0.15, 0.2) is 30.3 Å². The summed E-state index contributed by atoms with van der Waals surface area (Å²) in [6.07, 6.45) is 0. The van der Waals surface area contributed by atoms with Gasteiger partial charge in [0.05, 0.1) is 0 Å². The summed E-state index contributed by atoms with van der Waals surface area (Å²) >= 11 is 0. The highest BCUT2D eigenvalue weighted by Crippen LogP contribution is 2.22. The van der Waals surface area contributed by atoms with E-state index >= 15 is 0 Å². The van der Waals surface area contributed by atoms with Crippen molar-refractivity contribution in [2.75, 3.05) is 46.3 Å². The van der Waals surface area contributed by atoms with E-state index in [9.17, 15) is 4.79 Å². The van der Waals surface area contributed by atoms with Gasteiger partial charge in [0.2, 0.25) is 5.91 Å². The molecule has 1 aromatic rings. The van der Waals surface area contributed by atoms with Crippen LogP contribution in [0, 0.1) is 0 Å². The molecule has 0 radical (unpaired) electrons. The molecule has 1 aromatic carbocycles. The minimum absolute atomic E-state index is 0.0474. The Morgan fingerprint density at radius 3 is 2.50 bits per heavy atom. The Hall–Kier alpha value is -1.43. The third kappa shape index (κ3) is 3.79. The topological polar surface area (TPSA) is 61.6 Å². The maximum Gasteiger partial charge on any atom is 0.242 e. The molecule has 0 aromatic heterocycles. The molecule has 1 fully saturated rings. The van der Waals surface area contributed by atoms with Crippen LogP contribution in [0.1, 0.15) is 11.6 Å². The molecule has 1 heterocycles. The lowest BCUT2D eigenvalue weighted by molar-refractivity contribution is -0.127. The first kappa shape index (κ1) is 15.0. The van der Waals surface area contributed by atoms with Crippen LogP contribution in [0.3, 0.4) is 0 Å². The van der Waals surface area contributed by atoms with Gasteiger partial charge in [-0.15, -0.1) is 0 Å². The number of nitrogens with one attached hydrogen (secondary N) is 1. The zero-order chi connectivity index (χ0) is 14.4. The summed E-state index contributed by atoms with van der Waals surface area (Å²) in [5.74, 6) is 0.0474. The molecule has 5 heteroatoms. The molecule has 1 amide bonds. The second kappa shape index (κ2) is 7.38. The Labute approximate surface area is 120 Å². The maximum absolute atomic E-state index is 12.5. The number of likely N-dealkylation sites (N-methyl/N-ethyl adjacent to an activating group) is 1. The van der Waals surface area contributed by atoms with Gasteiger partial charge in [0.1, 0.15) is 6.04 Å². The van der Waals surface area contributed by atoms with E-state index in [0.29, 0.717) is 13.1 Å². The zero-order valence-electron chi connectivity index (χ0n) is 12.1. The predicted octanol–water partition coefficient (Wildman–Crippen LogP) is 0.0500. The van der Waals surface area contributed by atoms with Crippen molar-refractivity contribution in [3.8, 4) is 0 Å². The summed E-state index contributed by atoms with van der Waals surface area (Å²) in [7, 11) is 2.11. The molecule has 5 nitrogen and oxygen atoms in total. The number of nitrogens with zero attached hydrogens (tertiary/aromatic N) is 2. The van der Waals surface area contributed by atoms with Gasteiger partial charge in [-0.2, -0.15) is 0 Å². The number of amides is 1. The summed E-state index contributed by atoms with van der Waals surface area (Å²) in [6.45, 7) is 4.80. The van der Waals surface area contributed by atoms with Crippen LogP contribution in [-0.2, 0) is 4.79 Å². The van der Waals surface area contributed by atoms with Gasteiger partial charge >= 0.3 is 0 Å². The molecule has 1 aliphatic rings. The van der Waals surface area contributed by atoms with Crippen LogP contribution in [0.5, 0.6) is 0 Å². The van der Waals surface area contributed by atoms with E-state index in [2.05, 4.69) is 22.2 Å². The number of benzene rings is 1. The van der Waals surface area contributed by atoms with Crippen LogP contribution in [0.25, 0.3) is 0 Å². The van der Waals surface area contributed by atoms with Gasteiger partial charge in [0.25, 0.3) is 0 Å². The average Bonchev–Trinajstić information content (AvgIpc) is 2.48. The summed E-state index contributed by atoms with van der Waals surface area (Å²) < 4.78 is 0. The van der Waals surface area contributed by atoms with E-state index in [4.69, 9.17) is 5.73 Å². The molecule has 2 rings (SSSR count). The first-order chi connectivity index (χ1) is 9.72. The second-order valence-electron chi connectivity index (χ2n) is 5.23. The highest BCUT2D eigenvalue weighted by molar-refractivity contribution is 5.83. The van der Waals surface area contributed by atoms with Crippen molar-refractivity contribution in [1.29, 1.82) is 0 Å². The van der Waals surface area contributed by atoms with Crippen LogP contribution in [0.4, 0.5) is 0 Å². The fourth-order valence-electron chi connectivity index (χ4n) is 2.54. The molecule has 0 bridgehead atoms. The van der Waals surface area contributed by atoms with Crippen molar-refractivity contribution in [3.05, 3.63) is 35.9 Å². The number of nitrogens with two attached hydrogens (primary N) is 1. The van der Waals surface area contributed by atoms with Gasteiger partial charge in [-0.05, 0) is 12.6 Å². The maximum atomic E-state index is 12.5. The van der Waals surface area contributed by atoms with Crippen LogP contribution >= 0.6 is 0 Å². The molecule has 0 saturated carbocycles. The average molecular weight is 276 g/mol. The molecule has 3 N–H and O–H groups in total. The lowest BCUT2D eigenvalue weighted by atomic mass is 10.0. The van der Waals surface area contributed by atoms with E-state index in [1.165, 1.54) is 0 Å². The van der Waals surface area contributed by atoms with E-state index in [1.807, 2.05) is 30.3 Å². The molecule has 1 saturated heterocycles. The van der Waals surface area contributed by atoms with Gasteiger partial charge in [-0.25, -0.2) is 0 Å². The Balaban J connectivity index is 2.13. The quantitative estimate of drug-likeness (QED) is 0.798. The van der Waals surface area contributed by atoms with E-state index in [1.54, 1.807) is 0 Å². The normalized spacial score (nSPS) is 18.7. The Morgan fingerprint density at radius 1 is 1.25 bits per heavy atom. The number of piperazine rings is 1. The van der Waals surface area contributed by atoms with Gasteiger partial charge in [-0.3, -0.25) is 9.69 Å². The summed E-state index contributed by atoms with van der Waals surface area (Å²) in [4.78, 5) is 17.0. The van der Waals surface area contributed by atoms with Crippen molar-refractivity contribution in [2.45, 2.75) is 6.04 Å². The molecule has 0 aliphatic carbocycles. The highest BCUT2D eigenvalue weighted by Gasteiger charge is 2.29. The molecule has 1 atom stereocenters. The third-order valence-corrected chi connectivity index (χ3v) is 3.71. The summed E-state index contributed by atoms with van der Waals surface area (Å²) in [5, 5.41) is 2.92. The Bertz CT molecular complexity index is 415. The van der Waals surface area contributed by atoms with Crippen molar-refractivity contribution in [2.24, 2.45) is 5.73 Å². The first-order valence-corrected chi connectivity index (χ1v) is 7.17. The molecule has 1 unspecified atom stereocenters. The van der Waals surface area contributed by atoms with Gasteiger partial charge < -0.3 is 16.0 Å². The van der Waals surface area contributed by atoms with Crippen molar-refractivity contribution >= 4 is 5.91 Å². The van der Waals surface area contributed by atoms with E-state index in [-0.39, 0.29) is 11.9 Å². The minimum atomic E-state index is -0.212. The van der Waals surface area contributed by atoms with Crippen LogP contribution < -0.4 is 11.1 Å². The predicted molar refractivity (Wildman–Crippen MR) is 80.3 cm³/mol. The standard InChI is InChI=1S/C15H24N4O/c1-18-9-11-19(12-10-18)14(15(20)17-8-7-16)13-5-3-2-4-6-13/h2-6,14H,7-12,16H2,1H3,(H,17,20). The van der Waals surface area contributed by atoms with Crippen molar-refractivity contribution in [3.63, 3.8) is 0 Å². The lowest BCUT2D eigenvalue weighted by Gasteiger charge is -2.37. The van der Waals surface area contributed by atoms with Crippen LogP contribution in [-0.4, -0.2) is 62.0 Å². The minimum Gasteiger partial charge on any atom is -0.353 e. The fraction of sp³-hybridized carbons (Fsp3) is 0.533. The number of rotatable bonds is 5. The van der Waals surface area contributed by atoms with Crippen LogP contribution in [0.2, 0.25) is 0 Å². The summed E-state index contributed by atoms with van der Waals surface area (Å²) in [6, 6.07) is 9.76. The largest absolute Gasteiger partial charge is 0.353 e. The highest BCUT2D eigenvalue weighted by atomic mass is 16.2. The summed E-state index contributed by atoms with van der Waals surface area (Å²) in [5.41, 5.74) is 6.53. The Morgan fingerprint density at radius 2 is 1.90 bits per heavy atom. The number of hydrogen-bond acceptors (Lipinski definition) is 4. The van der Waals surface area contributed by atoms with Crippen molar-refractivity contribution in [1.82, 2.24) is 15.1 Å². The first-order valence-electron chi connectivity index (χ1n) is 7.17. The molecular weight excluding hydrogens is 252 g/mol. The second-order valence-corrected chi connectivity index (χ2v) is 5.23. The van der Waals surface area contributed by atoms with Gasteiger partial charge in [-0.1, -0.05) is 30.3 Å². The molecule has 20 heavy (non-hydrogen) atoms. The fourth-order valence-corrected chi connectivity index (χ4v) is 2.54. The van der Waals surface area contributed by atoms with Crippen molar-refractivity contribution < 1.29 is 4.79 Å². The lowest BCUT2D eigenvalue weighted by Crippen LogP contribution is -2.50. The number of carbonyl (C=O) groups is 1. The van der Waals surface area contributed by atoms with E-state index in [0.717, 1.165) is 31.7 Å². The SMILES string of the molecule is CN1CCN(C(C(=O)NCCN)c2ccccc2)CC1. The molecular formula is C15H24N4O. The Kier molecular flexibility index (Phi) is 5.52. The van der Waals surface area contributed by atoms with Gasteiger partial charge in [0.15, 0.2) is 0 Å². The van der Waals surface area contributed by atoms with Gasteiger partial charge in [0, 0.05) is 39.3 Å². The number of hydrogen-bond donors (Lipinski definition) is 2.